The Balaban J connectivity index is 1.66. The van der Waals surface area contributed by atoms with E-state index in [2.05, 4.69) is 9.82 Å². The third-order valence-electron chi connectivity index (χ3n) is 4.01. The van der Waals surface area contributed by atoms with Crippen molar-refractivity contribution in [3.63, 3.8) is 0 Å². The molecule has 0 aliphatic carbocycles. The minimum Gasteiger partial charge on any atom is -0.278 e. The summed E-state index contributed by atoms with van der Waals surface area (Å²) in [6, 6.07) is 14.7. The third-order valence-corrected chi connectivity index (χ3v) is 5.11. The van der Waals surface area contributed by atoms with Crippen LogP contribution in [0.4, 0.5) is 4.39 Å². The molecule has 1 aromatic heterocycles. The van der Waals surface area contributed by atoms with E-state index >= 15 is 0 Å². The van der Waals surface area contributed by atoms with E-state index in [4.69, 9.17) is 0 Å². The number of halogens is 1. The van der Waals surface area contributed by atoms with Crippen molar-refractivity contribution >= 4 is 16.1 Å². The smallest absolute Gasteiger partial charge is 0.278 e. The van der Waals surface area contributed by atoms with Gasteiger partial charge in [0.1, 0.15) is 5.82 Å². The summed E-state index contributed by atoms with van der Waals surface area (Å²) in [7, 11) is -2.09. The van der Waals surface area contributed by atoms with Gasteiger partial charge in [0, 0.05) is 24.6 Å². The summed E-state index contributed by atoms with van der Waals surface area (Å²) in [4.78, 5) is 12.3. The maximum Gasteiger partial charge on any atom is 0.345 e. The van der Waals surface area contributed by atoms with E-state index in [1.807, 2.05) is 18.2 Å². The standard InChI is InChI=1S/C19H19FN4O3S/c1-23-18(16-7-9-17(20)10-8-16)22-24(19(23)25)13-12-21-28(26,27)14-11-15-5-3-2-4-6-15/h2-11,14,21H,12-13H2,1H3/b14-11+. The Morgan fingerprint density at radius 2 is 1.79 bits per heavy atom. The molecule has 0 saturated heterocycles. The van der Waals surface area contributed by atoms with E-state index in [0.717, 1.165) is 11.0 Å². The molecule has 0 amide bonds. The fraction of sp³-hybridized carbons (Fsp3) is 0.158. The molecule has 1 heterocycles. The van der Waals surface area contributed by atoms with E-state index in [0.29, 0.717) is 11.4 Å². The van der Waals surface area contributed by atoms with Crippen LogP contribution in [0.15, 0.2) is 64.8 Å². The van der Waals surface area contributed by atoms with Gasteiger partial charge < -0.3 is 0 Å². The van der Waals surface area contributed by atoms with Crippen molar-refractivity contribution in [1.82, 2.24) is 19.1 Å². The van der Waals surface area contributed by atoms with Crippen molar-refractivity contribution in [3.05, 3.63) is 81.9 Å². The number of nitrogens with one attached hydrogen (secondary N) is 1. The zero-order valence-corrected chi connectivity index (χ0v) is 15.9. The van der Waals surface area contributed by atoms with Crippen molar-refractivity contribution in [1.29, 1.82) is 0 Å². The zero-order chi connectivity index (χ0) is 20.1. The van der Waals surface area contributed by atoms with Crippen LogP contribution in [0.3, 0.4) is 0 Å². The number of benzene rings is 2. The van der Waals surface area contributed by atoms with Crippen LogP contribution in [-0.4, -0.2) is 29.3 Å². The molecule has 3 aromatic rings. The van der Waals surface area contributed by atoms with Gasteiger partial charge in [-0.3, -0.25) is 4.57 Å². The molecule has 3 rings (SSSR count). The number of rotatable bonds is 7. The molecule has 0 radical (unpaired) electrons. The summed E-state index contributed by atoms with van der Waals surface area (Å²) in [6.45, 7) is 0.0630. The molecule has 0 saturated carbocycles. The number of aromatic nitrogens is 3. The van der Waals surface area contributed by atoms with Gasteiger partial charge in [0.15, 0.2) is 5.82 Å². The monoisotopic (exact) mass is 402 g/mol. The molecular weight excluding hydrogens is 383 g/mol. The lowest BCUT2D eigenvalue weighted by atomic mass is 10.2. The zero-order valence-electron chi connectivity index (χ0n) is 15.1. The molecule has 9 heteroatoms. The first-order valence-corrected chi connectivity index (χ1v) is 10.0. The van der Waals surface area contributed by atoms with Gasteiger partial charge in [-0.15, -0.1) is 5.10 Å². The molecule has 1 N–H and O–H groups in total. The molecule has 0 spiro atoms. The lowest BCUT2D eigenvalue weighted by Gasteiger charge is -2.02. The quantitative estimate of drug-likeness (QED) is 0.655. The van der Waals surface area contributed by atoms with Crippen LogP contribution < -0.4 is 10.4 Å². The van der Waals surface area contributed by atoms with Crippen LogP contribution in [0.2, 0.25) is 0 Å². The number of sulfonamides is 1. The largest absolute Gasteiger partial charge is 0.345 e. The molecule has 0 aliphatic heterocycles. The molecular formula is C19H19FN4O3S. The maximum atomic E-state index is 13.1. The highest BCUT2D eigenvalue weighted by Crippen LogP contribution is 2.15. The lowest BCUT2D eigenvalue weighted by Crippen LogP contribution is -2.30. The van der Waals surface area contributed by atoms with Gasteiger partial charge in [0.25, 0.3) is 0 Å². The first kappa shape index (κ1) is 19.7. The molecule has 2 aromatic carbocycles. The molecule has 0 fully saturated rings. The second kappa shape index (κ2) is 8.32. The van der Waals surface area contributed by atoms with Crippen LogP contribution in [-0.2, 0) is 23.6 Å². The molecule has 146 valence electrons. The fourth-order valence-corrected chi connectivity index (χ4v) is 3.37. The third kappa shape index (κ3) is 4.81. The highest BCUT2D eigenvalue weighted by atomic mass is 32.2. The van der Waals surface area contributed by atoms with E-state index in [1.54, 1.807) is 19.2 Å². The fourth-order valence-electron chi connectivity index (χ4n) is 2.56. The molecule has 7 nitrogen and oxygen atoms in total. The van der Waals surface area contributed by atoms with Crippen molar-refractivity contribution in [3.8, 4) is 11.4 Å². The minimum atomic E-state index is -3.65. The van der Waals surface area contributed by atoms with Crippen LogP contribution in [0.25, 0.3) is 17.5 Å². The predicted molar refractivity (Wildman–Crippen MR) is 105 cm³/mol. The van der Waals surface area contributed by atoms with Gasteiger partial charge in [-0.2, -0.15) is 0 Å². The van der Waals surface area contributed by atoms with Crippen molar-refractivity contribution in [2.45, 2.75) is 6.54 Å². The number of hydrogen-bond donors (Lipinski definition) is 1. The highest BCUT2D eigenvalue weighted by molar-refractivity contribution is 7.92. The first-order chi connectivity index (χ1) is 13.4. The van der Waals surface area contributed by atoms with Crippen molar-refractivity contribution in [2.24, 2.45) is 7.05 Å². The first-order valence-electron chi connectivity index (χ1n) is 8.48. The average molecular weight is 402 g/mol. The maximum absolute atomic E-state index is 13.1. The van der Waals surface area contributed by atoms with Gasteiger partial charge >= 0.3 is 5.69 Å². The Morgan fingerprint density at radius 3 is 2.46 bits per heavy atom. The lowest BCUT2D eigenvalue weighted by molar-refractivity contribution is 0.556. The van der Waals surface area contributed by atoms with Gasteiger partial charge in [-0.1, -0.05) is 30.3 Å². The summed E-state index contributed by atoms with van der Waals surface area (Å²) in [6.07, 6.45) is 1.49. The number of hydrogen-bond acceptors (Lipinski definition) is 4. The summed E-state index contributed by atoms with van der Waals surface area (Å²) in [5.41, 5.74) is 0.960. The Labute approximate surface area is 161 Å². The second-order valence-electron chi connectivity index (χ2n) is 6.05. The van der Waals surface area contributed by atoms with Gasteiger partial charge in [0.05, 0.1) is 6.54 Å². The van der Waals surface area contributed by atoms with E-state index in [-0.39, 0.29) is 18.9 Å². The van der Waals surface area contributed by atoms with Gasteiger partial charge in [0.2, 0.25) is 10.0 Å². The summed E-state index contributed by atoms with van der Waals surface area (Å²) < 4.78 is 42.1. The Morgan fingerprint density at radius 1 is 1.11 bits per heavy atom. The van der Waals surface area contributed by atoms with Crippen LogP contribution in [0.1, 0.15) is 5.56 Å². The van der Waals surface area contributed by atoms with Crippen LogP contribution in [0, 0.1) is 5.82 Å². The van der Waals surface area contributed by atoms with Crippen LogP contribution in [0.5, 0.6) is 0 Å². The van der Waals surface area contributed by atoms with E-state index in [9.17, 15) is 17.6 Å². The molecule has 0 unspecified atom stereocenters. The van der Waals surface area contributed by atoms with Crippen molar-refractivity contribution in [2.75, 3.05) is 6.54 Å². The Bertz CT molecular complexity index is 1130. The topological polar surface area (TPSA) is 86.0 Å². The average Bonchev–Trinajstić information content (AvgIpc) is 2.96. The SMILES string of the molecule is Cn1c(-c2ccc(F)cc2)nn(CCNS(=O)(=O)/C=C/c2ccccc2)c1=O. The minimum absolute atomic E-state index is 0.00123. The van der Waals surface area contributed by atoms with Gasteiger partial charge in [-0.05, 0) is 35.9 Å². The van der Waals surface area contributed by atoms with Gasteiger partial charge in [-0.25, -0.2) is 27.0 Å². The molecule has 0 atom stereocenters. The predicted octanol–water partition coefficient (Wildman–Crippen LogP) is 1.98. The number of nitrogens with zero attached hydrogens (tertiary/aromatic N) is 3. The Hall–Kier alpha value is -3.04. The second-order valence-corrected chi connectivity index (χ2v) is 7.70. The Kier molecular flexibility index (Phi) is 5.86. The molecule has 28 heavy (non-hydrogen) atoms. The summed E-state index contributed by atoms with van der Waals surface area (Å²) in [5, 5.41) is 5.29. The molecule has 0 aliphatic rings. The van der Waals surface area contributed by atoms with E-state index in [1.165, 1.54) is 39.6 Å². The molecule has 0 bridgehead atoms. The van der Waals surface area contributed by atoms with Crippen LogP contribution >= 0.6 is 0 Å². The summed E-state index contributed by atoms with van der Waals surface area (Å²) >= 11 is 0. The highest BCUT2D eigenvalue weighted by Gasteiger charge is 2.13. The summed E-state index contributed by atoms with van der Waals surface area (Å²) in [5.74, 6) is -0.0111. The normalized spacial score (nSPS) is 11.9. The van der Waals surface area contributed by atoms with E-state index < -0.39 is 15.7 Å². The van der Waals surface area contributed by atoms with Crippen molar-refractivity contribution < 1.29 is 12.8 Å².